The molecule has 2 aromatic heterocycles. The Kier molecular flexibility index (Phi) is 2.60. The summed E-state index contributed by atoms with van der Waals surface area (Å²) >= 11 is 3.20. The van der Waals surface area contributed by atoms with Crippen LogP contribution in [0.15, 0.2) is 21.1 Å². The topological polar surface area (TPSA) is 51.8 Å². The Morgan fingerprint density at radius 2 is 2.46 bits per heavy atom. The summed E-state index contributed by atoms with van der Waals surface area (Å²) in [5.74, 6) is 1.62. The molecule has 0 aliphatic carbocycles. The summed E-state index contributed by atoms with van der Waals surface area (Å²) in [6, 6.07) is 1.85. The summed E-state index contributed by atoms with van der Waals surface area (Å²) in [5.41, 5.74) is 0. The second-order valence-corrected chi connectivity index (χ2v) is 4.76. The van der Waals surface area contributed by atoms with Crippen molar-refractivity contribution in [1.82, 2.24) is 15.4 Å². The van der Waals surface area contributed by atoms with Gasteiger partial charge in [-0.3, -0.25) is 0 Å². The Labute approximate surface area is 83.4 Å². The maximum Gasteiger partial charge on any atom is 0.174 e. The fourth-order valence-corrected chi connectivity index (χ4v) is 2.49. The zero-order valence-corrected chi connectivity index (χ0v) is 8.56. The van der Waals surface area contributed by atoms with Crippen LogP contribution in [-0.2, 0) is 5.75 Å². The van der Waals surface area contributed by atoms with Gasteiger partial charge in [-0.15, -0.1) is 10.2 Å². The molecule has 0 saturated heterocycles. The minimum absolute atomic E-state index is 0.759. The van der Waals surface area contributed by atoms with Crippen LogP contribution in [0.4, 0.5) is 0 Å². The smallest absolute Gasteiger partial charge is 0.174 e. The Bertz CT molecular complexity index is 371. The van der Waals surface area contributed by atoms with Gasteiger partial charge in [-0.1, -0.05) is 28.3 Å². The molecule has 0 N–H and O–H groups in total. The van der Waals surface area contributed by atoms with Crippen molar-refractivity contribution in [3.8, 4) is 0 Å². The molecule has 0 saturated carbocycles. The van der Waals surface area contributed by atoms with Crippen molar-refractivity contribution in [2.45, 2.75) is 17.0 Å². The fourth-order valence-electron chi connectivity index (χ4n) is 0.786. The third-order valence-electron chi connectivity index (χ3n) is 1.34. The van der Waals surface area contributed by atoms with Crippen LogP contribution in [0.2, 0.25) is 0 Å². The largest absolute Gasteiger partial charge is 0.361 e. The number of aromatic nitrogens is 3. The maximum atomic E-state index is 4.95. The first kappa shape index (κ1) is 8.71. The Morgan fingerprint density at radius 3 is 3.08 bits per heavy atom. The second kappa shape index (κ2) is 3.89. The van der Waals surface area contributed by atoms with Crippen LogP contribution in [0.3, 0.4) is 0 Å². The molecule has 0 fully saturated rings. The van der Waals surface area contributed by atoms with Gasteiger partial charge in [0.1, 0.15) is 10.8 Å². The summed E-state index contributed by atoms with van der Waals surface area (Å²) in [4.78, 5) is 0. The quantitative estimate of drug-likeness (QED) is 0.731. The molecule has 0 radical (unpaired) electrons. The lowest BCUT2D eigenvalue weighted by Crippen LogP contribution is -1.75. The molecule has 0 spiro atoms. The third kappa shape index (κ3) is 2.28. The maximum absolute atomic E-state index is 4.95. The van der Waals surface area contributed by atoms with E-state index in [1.807, 2.05) is 13.0 Å². The van der Waals surface area contributed by atoms with E-state index in [-0.39, 0.29) is 0 Å². The monoisotopic (exact) mass is 213 g/mol. The van der Waals surface area contributed by atoms with Crippen molar-refractivity contribution < 1.29 is 4.52 Å². The highest BCUT2D eigenvalue weighted by Crippen LogP contribution is 2.25. The van der Waals surface area contributed by atoms with Crippen LogP contribution in [0.5, 0.6) is 0 Å². The predicted octanol–water partition coefficient (Wildman–Crippen LogP) is 2.13. The number of hydrogen-bond acceptors (Lipinski definition) is 6. The van der Waals surface area contributed by atoms with E-state index >= 15 is 0 Å². The molecule has 0 unspecified atom stereocenters. The molecule has 2 heterocycles. The molecule has 0 aliphatic heterocycles. The first-order chi connectivity index (χ1) is 6.34. The van der Waals surface area contributed by atoms with Crippen LogP contribution in [0.25, 0.3) is 0 Å². The first-order valence-corrected chi connectivity index (χ1v) is 5.47. The van der Waals surface area contributed by atoms with Gasteiger partial charge in [0.2, 0.25) is 0 Å². The zero-order chi connectivity index (χ0) is 9.10. The number of nitrogens with zero attached hydrogens (tertiary/aromatic N) is 3. The summed E-state index contributed by atoms with van der Waals surface area (Å²) < 4.78 is 5.91. The molecule has 0 aromatic carbocycles. The van der Waals surface area contributed by atoms with Crippen molar-refractivity contribution in [3.05, 3.63) is 23.0 Å². The lowest BCUT2D eigenvalue weighted by molar-refractivity contribution is 0.395. The summed E-state index contributed by atoms with van der Waals surface area (Å²) in [5, 5.41) is 12.5. The SMILES string of the molecule is Cc1nnc(SCc2ccno2)s1. The van der Waals surface area contributed by atoms with Crippen molar-refractivity contribution in [2.75, 3.05) is 0 Å². The first-order valence-electron chi connectivity index (χ1n) is 3.67. The number of thioether (sulfide) groups is 1. The molecular weight excluding hydrogens is 206 g/mol. The van der Waals surface area contributed by atoms with Gasteiger partial charge in [0.25, 0.3) is 0 Å². The van der Waals surface area contributed by atoms with E-state index in [1.165, 1.54) is 0 Å². The third-order valence-corrected chi connectivity index (χ3v) is 3.33. The summed E-state index contributed by atoms with van der Waals surface area (Å²) in [6.07, 6.45) is 1.64. The van der Waals surface area contributed by atoms with Gasteiger partial charge in [0.05, 0.1) is 11.9 Å². The number of hydrogen-bond donors (Lipinski definition) is 0. The lowest BCUT2D eigenvalue weighted by atomic mass is 10.5. The highest BCUT2D eigenvalue weighted by Gasteiger charge is 2.03. The van der Waals surface area contributed by atoms with Crippen LogP contribution in [-0.4, -0.2) is 15.4 Å². The highest BCUT2D eigenvalue weighted by atomic mass is 32.2. The number of rotatable bonds is 3. The van der Waals surface area contributed by atoms with Gasteiger partial charge in [-0.2, -0.15) is 0 Å². The van der Waals surface area contributed by atoms with Crippen molar-refractivity contribution in [2.24, 2.45) is 0 Å². The molecule has 2 aromatic rings. The Balaban J connectivity index is 1.93. The fraction of sp³-hybridized carbons (Fsp3) is 0.286. The normalized spacial score (nSPS) is 10.5. The van der Waals surface area contributed by atoms with Gasteiger partial charge in [0, 0.05) is 6.07 Å². The molecule has 0 amide bonds. The van der Waals surface area contributed by atoms with E-state index in [2.05, 4.69) is 15.4 Å². The van der Waals surface area contributed by atoms with Gasteiger partial charge in [-0.25, -0.2) is 0 Å². The minimum Gasteiger partial charge on any atom is -0.361 e. The Morgan fingerprint density at radius 1 is 1.54 bits per heavy atom. The van der Waals surface area contributed by atoms with Crippen LogP contribution < -0.4 is 0 Å². The van der Waals surface area contributed by atoms with E-state index in [9.17, 15) is 0 Å². The predicted molar refractivity (Wildman–Crippen MR) is 50.7 cm³/mol. The lowest BCUT2D eigenvalue weighted by Gasteiger charge is -1.89. The molecular formula is C7H7N3OS2. The van der Waals surface area contributed by atoms with Gasteiger partial charge in [-0.05, 0) is 6.92 Å². The molecule has 0 bridgehead atoms. The van der Waals surface area contributed by atoms with Crippen molar-refractivity contribution >= 4 is 23.1 Å². The summed E-state index contributed by atoms with van der Waals surface area (Å²) in [6.45, 7) is 1.94. The van der Waals surface area contributed by atoms with Crippen LogP contribution >= 0.6 is 23.1 Å². The highest BCUT2D eigenvalue weighted by molar-refractivity contribution is 8.00. The standard InChI is InChI=1S/C7H7N3OS2/c1-5-9-10-7(13-5)12-4-6-2-3-8-11-6/h2-3H,4H2,1H3. The van der Waals surface area contributed by atoms with Gasteiger partial charge >= 0.3 is 0 Å². The van der Waals surface area contributed by atoms with Crippen molar-refractivity contribution in [1.29, 1.82) is 0 Å². The average Bonchev–Trinajstić information content (AvgIpc) is 2.71. The van der Waals surface area contributed by atoms with E-state index in [0.29, 0.717) is 0 Å². The minimum atomic E-state index is 0.759. The molecule has 0 aliphatic rings. The average molecular weight is 213 g/mol. The van der Waals surface area contributed by atoms with Crippen LogP contribution in [0, 0.1) is 6.92 Å². The molecule has 6 heteroatoms. The molecule has 13 heavy (non-hydrogen) atoms. The van der Waals surface area contributed by atoms with E-state index in [4.69, 9.17) is 4.52 Å². The summed E-state index contributed by atoms with van der Waals surface area (Å²) in [7, 11) is 0. The van der Waals surface area contributed by atoms with Crippen molar-refractivity contribution in [3.63, 3.8) is 0 Å². The van der Waals surface area contributed by atoms with Crippen LogP contribution in [0.1, 0.15) is 10.8 Å². The van der Waals surface area contributed by atoms with E-state index in [1.54, 1.807) is 29.3 Å². The molecule has 2 rings (SSSR count). The molecule has 68 valence electrons. The zero-order valence-electron chi connectivity index (χ0n) is 6.93. The molecule has 0 atom stereocenters. The van der Waals surface area contributed by atoms with Gasteiger partial charge < -0.3 is 4.52 Å². The van der Waals surface area contributed by atoms with E-state index in [0.717, 1.165) is 20.9 Å². The second-order valence-electron chi connectivity index (χ2n) is 2.35. The van der Waals surface area contributed by atoms with Gasteiger partial charge in [0.15, 0.2) is 4.34 Å². The molecule has 4 nitrogen and oxygen atoms in total. The number of aryl methyl sites for hydroxylation is 1. The van der Waals surface area contributed by atoms with E-state index < -0.39 is 0 Å². The Hall–Kier alpha value is -0.880.